The largest absolute Gasteiger partial charge is 0.491 e. The molecule has 0 aliphatic rings. The molecule has 0 spiro atoms. The molecule has 1 amide bonds. The maximum absolute atomic E-state index is 12.7. The van der Waals surface area contributed by atoms with Gasteiger partial charge in [-0.3, -0.25) is 0 Å². The second-order valence-electron chi connectivity index (χ2n) is 5.73. The van der Waals surface area contributed by atoms with Crippen LogP contribution < -0.4 is 10.1 Å². The lowest BCUT2D eigenvalue weighted by molar-refractivity contribution is -0.137. The van der Waals surface area contributed by atoms with Crippen molar-refractivity contribution in [3.63, 3.8) is 0 Å². The molecule has 0 aliphatic heterocycles. The fraction of sp³-hybridized carbons (Fsp3) is 0.438. The quantitative estimate of drug-likeness (QED) is 0.821. The molecule has 0 radical (unpaired) electrons. The first-order valence-electron chi connectivity index (χ1n) is 6.96. The van der Waals surface area contributed by atoms with Crippen molar-refractivity contribution in [2.24, 2.45) is 0 Å². The Kier molecular flexibility index (Phi) is 6.06. The number of alkyl halides is 3. The van der Waals surface area contributed by atoms with E-state index in [1.165, 1.54) is 12.1 Å². The highest BCUT2D eigenvalue weighted by Gasteiger charge is 2.31. The molecule has 0 heterocycles. The van der Waals surface area contributed by atoms with Crippen LogP contribution in [-0.2, 0) is 10.9 Å². The van der Waals surface area contributed by atoms with E-state index in [2.05, 4.69) is 11.9 Å². The molecular formula is C16H20F3NO3. The minimum atomic E-state index is -4.45. The molecule has 1 rings (SSSR count). The van der Waals surface area contributed by atoms with Crippen molar-refractivity contribution in [3.8, 4) is 5.75 Å². The summed E-state index contributed by atoms with van der Waals surface area (Å²) in [4.78, 5) is 11.4. The number of amides is 1. The van der Waals surface area contributed by atoms with Crippen molar-refractivity contribution in [2.45, 2.75) is 32.5 Å². The van der Waals surface area contributed by atoms with Gasteiger partial charge in [0, 0.05) is 5.56 Å². The van der Waals surface area contributed by atoms with Gasteiger partial charge < -0.3 is 14.8 Å². The smallest absolute Gasteiger partial charge is 0.416 e. The zero-order chi connectivity index (χ0) is 17.7. The van der Waals surface area contributed by atoms with Gasteiger partial charge in [0.1, 0.15) is 18.0 Å². The van der Waals surface area contributed by atoms with Crippen molar-refractivity contribution in [1.29, 1.82) is 0 Å². The molecule has 0 aliphatic carbocycles. The Bertz CT molecular complexity index is 563. The van der Waals surface area contributed by atoms with Gasteiger partial charge in [-0.05, 0) is 32.9 Å². The van der Waals surface area contributed by atoms with E-state index in [1.54, 1.807) is 20.8 Å². The summed E-state index contributed by atoms with van der Waals surface area (Å²) < 4.78 is 48.4. The number of rotatable bonds is 5. The molecule has 0 aromatic heterocycles. The summed E-state index contributed by atoms with van der Waals surface area (Å²) in [5.41, 5.74) is -0.990. The number of benzene rings is 1. The molecule has 1 aromatic rings. The number of nitrogens with one attached hydrogen (secondary N) is 1. The van der Waals surface area contributed by atoms with Crippen LogP contribution in [0.2, 0.25) is 0 Å². The molecule has 4 nitrogen and oxygen atoms in total. The average Bonchev–Trinajstić information content (AvgIpc) is 2.40. The van der Waals surface area contributed by atoms with Crippen molar-refractivity contribution in [1.82, 2.24) is 5.32 Å². The number of halogens is 3. The van der Waals surface area contributed by atoms with Crippen LogP contribution >= 0.6 is 0 Å². The molecule has 0 atom stereocenters. The second kappa shape index (κ2) is 7.39. The first-order chi connectivity index (χ1) is 10.5. The lowest BCUT2D eigenvalue weighted by Gasteiger charge is -2.19. The number of carbonyl (C=O) groups excluding carboxylic acids is 1. The molecule has 128 valence electrons. The molecule has 23 heavy (non-hydrogen) atoms. The van der Waals surface area contributed by atoms with E-state index in [1.807, 2.05) is 0 Å². The SMILES string of the molecule is C=Cc1ccc(C(F)(F)F)cc1OCCNC(=O)OC(C)(C)C. The Balaban J connectivity index is 2.60. The molecule has 1 N–H and O–H groups in total. The van der Waals surface area contributed by atoms with Gasteiger partial charge in [-0.25, -0.2) is 4.79 Å². The van der Waals surface area contributed by atoms with E-state index in [0.717, 1.165) is 12.1 Å². The van der Waals surface area contributed by atoms with Gasteiger partial charge in [0.25, 0.3) is 0 Å². The molecule has 1 aromatic carbocycles. The topological polar surface area (TPSA) is 47.6 Å². The molecule has 0 bridgehead atoms. The monoisotopic (exact) mass is 331 g/mol. The first-order valence-corrected chi connectivity index (χ1v) is 6.96. The van der Waals surface area contributed by atoms with Gasteiger partial charge in [-0.1, -0.05) is 18.7 Å². The molecular weight excluding hydrogens is 311 g/mol. The van der Waals surface area contributed by atoms with Gasteiger partial charge >= 0.3 is 12.3 Å². The lowest BCUT2D eigenvalue weighted by atomic mass is 10.1. The Labute approximate surface area is 133 Å². The summed E-state index contributed by atoms with van der Waals surface area (Å²) in [6.45, 7) is 8.80. The maximum Gasteiger partial charge on any atom is 0.416 e. The van der Waals surface area contributed by atoms with Gasteiger partial charge in [0.2, 0.25) is 0 Å². The second-order valence-corrected chi connectivity index (χ2v) is 5.73. The zero-order valence-corrected chi connectivity index (χ0v) is 13.3. The standard InChI is InChI=1S/C16H20F3NO3/c1-5-11-6-7-12(16(17,18)19)10-13(11)22-9-8-20-14(21)23-15(2,3)4/h5-7,10H,1,8-9H2,2-4H3,(H,20,21). The van der Waals surface area contributed by atoms with E-state index in [0.29, 0.717) is 5.56 Å². The number of carbonyl (C=O) groups is 1. The van der Waals surface area contributed by atoms with Crippen molar-refractivity contribution in [3.05, 3.63) is 35.9 Å². The molecule has 7 heteroatoms. The highest BCUT2D eigenvalue weighted by Crippen LogP contribution is 2.33. The number of hydrogen-bond acceptors (Lipinski definition) is 3. The third-order valence-electron chi connectivity index (χ3n) is 2.59. The van der Waals surface area contributed by atoms with Gasteiger partial charge in [-0.15, -0.1) is 0 Å². The summed E-state index contributed by atoms with van der Waals surface area (Å²) >= 11 is 0. The van der Waals surface area contributed by atoms with Gasteiger partial charge in [-0.2, -0.15) is 13.2 Å². The number of ether oxygens (including phenoxy) is 2. The summed E-state index contributed by atoms with van der Waals surface area (Å²) in [5.74, 6) is 0.0563. The van der Waals surface area contributed by atoms with Crippen molar-refractivity contribution < 1.29 is 27.4 Å². The van der Waals surface area contributed by atoms with Crippen LogP contribution in [-0.4, -0.2) is 24.8 Å². The van der Waals surface area contributed by atoms with Crippen LogP contribution in [0.4, 0.5) is 18.0 Å². The average molecular weight is 331 g/mol. The Hall–Kier alpha value is -2.18. The third kappa shape index (κ3) is 6.63. The predicted molar refractivity (Wildman–Crippen MR) is 81.3 cm³/mol. The van der Waals surface area contributed by atoms with E-state index in [-0.39, 0.29) is 18.9 Å². The van der Waals surface area contributed by atoms with Gasteiger partial charge in [0.15, 0.2) is 0 Å². The van der Waals surface area contributed by atoms with Crippen LogP contribution in [0, 0.1) is 0 Å². The summed E-state index contributed by atoms with van der Waals surface area (Å²) in [7, 11) is 0. The van der Waals surface area contributed by atoms with Crippen LogP contribution in [0.3, 0.4) is 0 Å². The molecule has 0 saturated heterocycles. The Morgan fingerprint density at radius 2 is 1.96 bits per heavy atom. The van der Waals surface area contributed by atoms with Gasteiger partial charge in [0.05, 0.1) is 12.1 Å². The summed E-state index contributed by atoms with van der Waals surface area (Å²) in [6, 6.07) is 3.15. The Morgan fingerprint density at radius 3 is 2.48 bits per heavy atom. The molecule has 0 saturated carbocycles. The van der Waals surface area contributed by atoms with E-state index in [4.69, 9.17) is 9.47 Å². The van der Waals surface area contributed by atoms with E-state index in [9.17, 15) is 18.0 Å². The fourth-order valence-electron chi connectivity index (χ4n) is 1.63. The number of hydrogen-bond donors (Lipinski definition) is 1. The minimum absolute atomic E-state index is 0.00138. The van der Waals surface area contributed by atoms with Crippen molar-refractivity contribution in [2.75, 3.05) is 13.2 Å². The Morgan fingerprint density at radius 1 is 1.30 bits per heavy atom. The zero-order valence-electron chi connectivity index (χ0n) is 13.3. The number of alkyl carbamates (subject to hydrolysis) is 1. The third-order valence-corrected chi connectivity index (χ3v) is 2.59. The predicted octanol–water partition coefficient (Wildman–Crippen LogP) is 4.25. The lowest BCUT2D eigenvalue weighted by Crippen LogP contribution is -2.34. The van der Waals surface area contributed by atoms with E-state index >= 15 is 0 Å². The summed E-state index contributed by atoms with van der Waals surface area (Å²) in [5, 5.41) is 2.46. The van der Waals surface area contributed by atoms with Crippen molar-refractivity contribution >= 4 is 12.2 Å². The normalized spacial score (nSPS) is 11.7. The van der Waals surface area contributed by atoms with Crippen LogP contribution in [0.25, 0.3) is 6.08 Å². The first kappa shape index (κ1) is 18.9. The summed E-state index contributed by atoms with van der Waals surface area (Å²) in [6.07, 6.45) is -3.67. The van der Waals surface area contributed by atoms with E-state index < -0.39 is 23.4 Å². The maximum atomic E-state index is 12.7. The highest BCUT2D eigenvalue weighted by molar-refractivity contribution is 5.67. The minimum Gasteiger partial charge on any atom is -0.491 e. The van der Waals surface area contributed by atoms with Crippen LogP contribution in [0.15, 0.2) is 24.8 Å². The van der Waals surface area contributed by atoms with Crippen LogP contribution in [0.1, 0.15) is 31.9 Å². The molecule has 0 fully saturated rings. The fourth-order valence-corrected chi connectivity index (χ4v) is 1.63. The molecule has 0 unspecified atom stereocenters. The van der Waals surface area contributed by atoms with Crippen LogP contribution in [0.5, 0.6) is 5.75 Å². The highest BCUT2D eigenvalue weighted by atomic mass is 19.4.